The molecule has 2 aromatic carbocycles. The summed E-state index contributed by atoms with van der Waals surface area (Å²) >= 11 is 0. The number of anilines is 1. The van der Waals surface area contributed by atoms with Gasteiger partial charge in [0.05, 0.1) is 18.8 Å². The molecule has 0 aromatic heterocycles. The first kappa shape index (κ1) is 29.9. The van der Waals surface area contributed by atoms with Crippen molar-refractivity contribution in [3.05, 3.63) is 77.9 Å². The molecule has 8 nitrogen and oxygen atoms in total. The zero-order valence-electron chi connectivity index (χ0n) is 23.3. The Bertz CT molecular complexity index is 1130. The minimum atomic E-state index is -0.912. The number of benzene rings is 2. The third kappa shape index (κ3) is 8.01. The van der Waals surface area contributed by atoms with Gasteiger partial charge in [-0.15, -0.1) is 6.58 Å². The first-order valence-corrected chi connectivity index (χ1v) is 14.3. The average molecular weight is 551 g/mol. The van der Waals surface area contributed by atoms with E-state index in [0.717, 1.165) is 29.8 Å². The van der Waals surface area contributed by atoms with Crippen molar-refractivity contribution in [1.29, 1.82) is 0 Å². The number of hydrogen-bond donors (Lipinski definition) is 3. The average Bonchev–Trinajstić information content (AvgIpc) is 3.49. The molecule has 3 N–H and O–H groups in total. The summed E-state index contributed by atoms with van der Waals surface area (Å²) < 4.78 is 13.2. The molecule has 40 heavy (non-hydrogen) atoms. The summed E-state index contributed by atoms with van der Waals surface area (Å²) in [6, 6.07) is 15.9. The number of carboxylic acids is 1. The quantitative estimate of drug-likeness (QED) is 0.279. The molecule has 1 saturated heterocycles. The molecule has 0 unspecified atom stereocenters. The van der Waals surface area contributed by atoms with Gasteiger partial charge in [-0.25, -0.2) is 0 Å². The van der Waals surface area contributed by atoms with Crippen LogP contribution in [-0.4, -0.2) is 52.2 Å². The number of aliphatic hydroxyl groups excluding tert-OH is 1. The summed E-state index contributed by atoms with van der Waals surface area (Å²) in [4.78, 5) is 25.6. The zero-order valence-corrected chi connectivity index (χ0v) is 23.3. The molecule has 0 spiro atoms. The maximum Gasteiger partial charge on any atom is 0.303 e. The molecule has 216 valence electrons. The van der Waals surface area contributed by atoms with E-state index in [0.29, 0.717) is 11.7 Å². The van der Waals surface area contributed by atoms with Crippen LogP contribution in [0.5, 0.6) is 0 Å². The zero-order chi connectivity index (χ0) is 28.5. The van der Waals surface area contributed by atoms with Crippen LogP contribution in [0, 0.1) is 5.92 Å². The lowest BCUT2D eigenvalue weighted by atomic mass is 9.89. The summed E-state index contributed by atoms with van der Waals surface area (Å²) in [6.45, 7) is 7.72. The Morgan fingerprint density at radius 3 is 2.50 bits per heavy atom. The number of nitrogens with one attached hydrogen (secondary N) is 1. The fourth-order valence-corrected chi connectivity index (χ4v) is 5.75. The van der Waals surface area contributed by atoms with E-state index in [4.69, 9.17) is 14.6 Å². The lowest BCUT2D eigenvalue weighted by Gasteiger charge is -2.43. The minimum absolute atomic E-state index is 0.0115. The number of hydrogen-bond acceptors (Lipinski definition) is 6. The Kier molecular flexibility index (Phi) is 10.9. The molecule has 1 aliphatic heterocycles. The second-order valence-electron chi connectivity index (χ2n) is 10.9. The predicted molar refractivity (Wildman–Crippen MR) is 154 cm³/mol. The fourth-order valence-electron chi connectivity index (χ4n) is 5.75. The Labute approximate surface area is 237 Å². The van der Waals surface area contributed by atoms with Crippen molar-refractivity contribution in [2.75, 3.05) is 18.4 Å². The van der Waals surface area contributed by atoms with Gasteiger partial charge >= 0.3 is 5.97 Å². The van der Waals surface area contributed by atoms with Gasteiger partial charge in [0.25, 0.3) is 0 Å². The van der Waals surface area contributed by atoms with Crippen molar-refractivity contribution in [3.8, 4) is 0 Å². The predicted octanol–water partition coefficient (Wildman–Crippen LogP) is 5.59. The second-order valence-corrected chi connectivity index (χ2v) is 10.9. The smallest absolute Gasteiger partial charge is 0.303 e. The number of nitrogens with zero attached hydrogens (tertiary/aromatic N) is 1. The van der Waals surface area contributed by atoms with Crippen LogP contribution >= 0.6 is 0 Å². The van der Waals surface area contributed by atoms with E-state index in [2.05, 4.69) is 23.7 Å². The summed E-state index contributed by atoms with van der Waals surface area (Å²) in [5.41, 5.74) is 3.29. The highest BCUT2D eigenvalue weighted by Crippen LogP contribution is 2.42. The van der Waals surface area contributed by atoms with Crippen LogP contribution in [0.2, 0.25) is 0 Å². The topological polar surface area (TPSA) is 108 Å². The number of carbonyl (C=O) groups is 2. The number of rotatable bonds is 13. The number of carbonyl (C=O) groups excluding carboxylic acids is 1. The van der Waals surface area contributed by atoms with Crippen molar-refractivity contribution >= 4 is 17.6 Å². The largest absolute Gasteiger partial charge is 0.481 e. The molecule has 0 bridgehead atoms. The van der Waals surface area contributed by atoms with E-state index >= 15 is 0 Å². The van der Waals surface area contributed by atoms with Crippen molar-refractivity contribution in [2.24, 2.45) is 5.92 Å². The van der Waals surface area contributed by atoms with Crippen LogP contribution in [0.3, 0.4) is 0 Å². The number of ether oxygens (including phenoxy) is 2. The number of aliphatic hydroxyl groups is 1. The molecular weight excluding hydrogens is 508 g/mol. The normalized spacial score (nSPS) is 23.3. The minimum Gasteiger partial charge on any atom is -0.481 e. The maximum atomic E-state index is 12.4. The number of aliphatic carboxylic acids is 1. The van der Waals surface area contributed by atoms with Crippen LogP contribution in [0.1, 0.15) is 81.0 Å². The molecular formula is C32H42N2O6. The van der Waals surface area contributed by atoms with Gasteiger partial charge in [0.15, 0.2) is 6.29 Å². The van der Waals surface area contributed by atoms with E-state index in [-0.39, 0.29) is 49.9 Å². The Morgan fingerprint density at radius 1 is 1.07 bits per heavy atom. The number of amides is 1. The van der Waals surface area contributed by atoms with Crippen LogP contribution in [0.25, 0.3) is 0 Å². The van der Waals surface area contributed by atoms with Gasteiger partial charge in [-0.2, -0.15) is 0 Å². The van der Waals surface area contributed by atoms with Crippen molar-refractivity contribution < 1.29 is 29.3 Å². The van der Waals surface area contributed by atoms with E-state index in [9.17, 15) is 14.7 Å². The summed E-state index contributed by atoms with van der Waals surface area (Å²) in [5.74, 6) is -1.07. The van der Waals surface area contributed by atoms with Gasteiger partial charge in [0.2, 0.25) is 5.91 Å². The molecule has 1 aliphatic carbocycles. The van der Waals surface area contributed by atoms with E-state index in [1.807, 2.05) is 48.5 Å². The SMILES string of the molecule is C=CCN(C[C@H]1O[C@@H](c2cccc(NC(=O)CCCC(=O)O)c2)O[C@@H](c2ccc(CO)cc2)[C@H]1C)C1CCCC1. The van der Waals surface area contributed by atoms with Crippen LogP contribution in [0.15, 0.2) is 61.2 Å². The van der Waals surface area contributed by atoms with Crippen molar-refractivity contribution in [3.63, 3.8) is 0 Å². The molecule has 1 heterocycles. The molecule has 1 saturated carbocycles. The highest BCUT2D eigenvalue weighted by Gasteiger charge is 2.40. The number of carboxylic acid groups (broad SMARTS) is 1. The molecule has 2 aromatic rings. The van der Waals surface area contributed by atoms with Gasteiger partial charge in [0.1, 0.15) is 0 Å². The molecule has 1 amide bonds. The molecule has 2 fully saturated rings. The molecule has 8 heteroatoms. The Hall–Kier alpha value is -3.04. The first-order valence-electron chi connectivity index (χ1n) is 14.3. The highest BCUT2D eigenvalue weighted by atomic mass is 16.7. The summed E-state index contributed by atoms with van der Waals surface area (Å²) in [5, 5.41) is 21.2. The Balaban J connectivity index is 1.55. The standard InChI is InChI=1S/C32H42N2O6/c1-3-18-34(27-10-4-5-11-27)20-28-22(2)31(24-16-14-23(21-35)15-17-24)40-32(39-28)25-8-6-9-26(19-25)33-29(36)12-7-13-30(37)38/h3,6,8-9,14-17,19,22,27-28,31-32,35H,1,4-5,7,10-13,18,20-21H2,2H3,(H,33,36)(H,37,38)/t22-,28+,31+,32+/m0/s1. The second kappa shape index (κ2) is 14.6. The van der Waals surface area contributed by atoms with Gasteiger partial charge in [0, 0.05) is 49.1 Å². The molecule has 4 atom stereocenters. The van der Waals surface area contributed by atoms with Crippen molar-refractivity contribution in [2.45, 2.75) is 83.0 Å². The fraction of sp³-hybridized carbons (Fsp3) is 0.500. The van der Waals surface area contributed by atoms with Crippen molar-refractivity contribution in [1.82, 2.24) is 4.90 Å². The van der Waals surface area contributed by atoms with Gasteiger partial charge in [-0.1, -0.05) is 62.2 Å². The highest BCUT2D eigenvalue weighted by molar-refractivity contribution is 5.90. The third-order valence-corrected chi connectivity index (χ3v) is 7.98. The third-order valence-electron chi connectivity index (χ3n) is 7.98. The van der Waals surface area contributed by atoms with Crippen LogP contribution in [0.4, 0.5) is 5.69 Å². The Morgan fingerprint density at radius 2 is 1.82 bits per heavy atom. The van der Waals surface area contributed by atoms with Gasteiger partial charge in [-0.05, 0) is 42.5 Å². The lowest BCUT2D eigenvalue weighted by molar-refractivity contribution is -0.276. The van der Waals surface area contributed by atoms with E-state index < -0.39 is 12.3 Å². The van der Waals surface area contributed by atoms with E-state index in [1.54, 1.807) is 6.07 Å². The first-order chi connectivity index (χ1) is 19.4. The van der Waals surface area contributed by atoms with Crippen LogP contribution < -0.4 is 5.32 Å². The molecule has 4 rings (SSSR count). The van der Waals surface area contributed by atoms with Crippen LogP contribution in [-0.2, 0) is 25.7 Å². The molecule has 2 aliphatic rings. The summed E-state index contributed by atoms with van der Waals surface area (Å²) in [6.07, 6.45) is 6.27. The van der Waals surface area contributed by atoms with Gasteiger partial charge < -0.3 is 25.0 Å². The van der Waals surface area contributed by atoms with E-state index in [1.165, 1.54) is 25.7 Å². The van der Waals surface area contributed by atoms with Gasteiger partial charge in [-0.3, -0.25) is 14.5 Å². The lowest BCUT2D eigenvalue weighted by Crippen LogP contribution is -2.47. The molecule has 0 radical (unpaired) electrons. The monoisotopic (exact) mass is 550 g/mol. The maximum absolute atomic E-state index is 12.4. The summed E-state index contributed by atoms with van der Waals surface area (Å²) in [7, 11) is 0.